The van der Waals surface area contributed by atoms with E-state index in [0.717, 1.165) is 10.1 Å². The SMILES string of the molecule is O=C(NNC(=O)[C@H]1[C@@H](C(=O)O)[C@H]2C=C[C@H]1C2)c1sc2ccccc2c1Cl. The first-order valence-corrected chi connectivity index (χ1v) is 9.35. The van der Waals surface area contributed by atoms with E-state index in [1.165, 1.54) is 11.3 Å². The van der Waals surface area contributed by atoms with Crippen LogP contribution in [0.5, 0.6) is 0 Å². The number of nitrogens with one attached hydrogen (secondary N) is 2. The fourth-order valence-electron chi connectivity index (χ4n) is 3.93. The van der Waals surface area contributed by atoms with Crippen molar-refractivity contribution >= 4 is 50.8 Å². The van der Waals surface area contributed by atoms with Gasteiger partial charge in [-0.25, -0.2) is 0 Å². The highest BCUT2D eigenvalue weighted by atomic mass is 35.5. The summed E-state index contributed by atoms with van der Waals surface area (Å²) in [5.41, 5.74) is 4.74. The monoisotopic (exact) mass is 390 g/mol. The molecule has 134 valence electrons. The first-order valence-electron chi connectivity index (χ1n) is 8.15. The molecule has 0 saturated heterocycles. The molecule has 1 saturated carbocycles. The number of hydrazine groups is 1. The predicted octanol–water partition coefficient (Wildman–Crippen LogP) is 2.84. The van der Waals surface area contributed by atoms with Crippen molar-refractivity contribution in [2.75, 3.05) is 0 Å². The second-order valence-corrected chi connectivity index (χ2v) is 7.95. The smallest absolute Gasteiger partial charge is 0.307 e. The fraction of sp³-hybridized carbons (Fsp3) is 0.278. The van der Waals surface area contributed by atoms with Crippen LogP contribution in [0.3, 0.4) is 0 Å². The molecule has 6 nitrogen and oxygen atoms in total. The Balaban J connectivity index is 1.47. The van der Waals surface area contributed by atoms with Crippen molar-refractivity contribution in [2.24, 2.45) is 23.7 Å². The molecule has 2 bridgehead atoms. The molecule has 3 N–H and O–H groups in total. The number of rotatable bonds is 3. The van der Waals surface area contributed by atoms with E-state index >= 15 is 0 Å². The lowest BCUT2D eigenvalue weighted by atomic mass is 9.82. The minimum absolute atomic E-state index is 0.106. The van der Waals surface area contributed by atoms with E-state index < -0.39 is 29.6 Å². The van der Waals surface area contributed by atoms with Gasteiger partial charge in [-0.05, 0) is 24.3 Å². The Hall–Kier alpha value is -2.38. The van der Waals surface area contributed by atoms with Crippen molar-refractivity contribution in [3.8, 4) is 0 Å². The molecule has 0 unspecified atom stereocenters. The number of amides is 2. The van der Waals surface area contributed by atoms with Gasteiger partial charge in [0.2, 0.25) is 5.91 Å². The van der Waals surface area contributed by atoms with Crippen LogP contribution in [0, 0.1) is 23.7 Å². The number of carboxylic acids is 1. The predicted molar refractivity (Wildman–Crippen MR) is 97.8 cm³/mol. The van der Waals surface area contributed by atoms with Gasteiger partial charge in [-0.15, -0.1) is 11.3 Å². The van der Waals surface area contributed by atoms with Gasteiger partial charge in [-0.3, -0.25) is 25.2 Å². The average molecular weight is 391 g/mol. The summed E-state index contributed by atoms with van der Waals surface area (Å²) >= 11 is 7.49. The highest BCUT2D eigenvalue weighted by Gasteiger charge is 2.51. The minimum Gasteiger partial charge on any atom is -0.481 e. The lowest BCUT2D eigenvalue weighted by molar-refractivity contribution is -0.148. The molecule has 1 aromatic heterocycles. The Morgan fingerprint density at radius 3 is 2.46 bits per heavy atom. The summed E-state index contributed by atoms with van der Waals surface area (Å²) in [4.78, 5) is 36.7. The molecule has 8 heteroatoms. The van der Waals surface area contributed by atoms with Crippen molar-refractivity contribution in [2.45, 2.75) is 6.42 Å². The maximum Gasteiger partial charge on any atom is 0.307 e. The van der Waals surface area contributed by atoms with Crippen LogP contribution in [0.1, 0.15) is 16.1 Å². The molecule has 2 aromatic rings. The summed E-state index contributed by atoms with van der Waals surface area (Å²) in [6, 6.07) is 7.37. The van der Waals surface area contributed by atoms with E-state index in [-0.39, 0.29) is 11.8 Å². The summed E-state index contributed by atoms with van der Waals surface area (Å²) in [6.07, 6.45) is 4.41. The molecule has 2 amide bonds. The third kappa shape index (κ3) is 2.68. The number of carboxylic acid groups (broad SMARTS) is 1. The zero-order valence-corrected chi connectivity index (χ0v) is 15.0. The molecule has 26 heavy (non-hydrogen) atoms. The Kier molecular flexibility index (Phi) is 4.20. The topological polar surface area (TPSA) is 95.5 Å². The highest BCUT2D eigenvalue weighted by molar-refractivity contribution is 7.21. The van der Waals surface area contributed by atoms with Crippen LogP contribution in [0.15, 0.2) is 36.4 Å². The van der Waals surface area contributed by atoms with Gasteiger partial charge in [0.15, 0.2) is 0 Å². The van der Waals surface area contributed by atoms with E-state index in [0.29, 0.717) is 16.3 Å². The Bertz CT molecular complexity index is 954. The number of thiophene rings is 1. The van der Waals surface area contributed by atoms with E-state index in [2.05, 4.69) is 10.9 Å². The fourth-order valence-corrected chi connectivity index (χ4v) is 5.35. The van der Waals surface area contributed by atoms with Gasteiger partial charge < -0.3 is 5.11 Å². The molecular weight excluding hydrogens is 376 g/mol. The molecule has 2 aliphatic carbocycles. The molecule has 2 aliphatic rings. The van der Waals surface area contributed by atoms with Gasteiger partial charge >= 0.3 is 5.97 Å². The molecule has 1 fully saturated rings. The first kappa shape index (κ1) is 17.1. The van der Waals surface area contributed by atoms with E-state index in [9.17, 15) is 19.5 Å². The average Bonchev–Trinajstić information content (AvgIpc) is 3.32. The maximum atomic E-state index is 12.5. The summed E-state index contributed by atoms with van der Waals surface area (Å²) < 4.78 is 0.873. The number of fused-ring (bicyclic) bond motifs is 3. The number of halogens is 1. The zero-order valence-electron chi connectivity index (χ0n) is 13.4. The third-order valence-electron chi connectivity index (χ3n) is 5.09. The zero-order chi connectivity index (χ0) is 18.4. The number of hydrogen-bond donors (Lipinski definition) is 3. The van der Waals surface area contributed by atoms with Gasteiger partial charge in [0.1, 0.15) is 4.88 Å². The number of benzene rings is 1. The van der Waals surface area contributed by atoms with Crippen molar-refractivity contribution in [3.63, 3.8) is 0 Å². The van der Waals surface area contributed by atoms with Crippen molar-refractivity contribution in [1.82, 2.24) is 10.9 Å². The quantitative estimate of drug-likeness (QED) is 0.554. The van der Waals surface area contributed by atoms with Gasteiger partial charge in [0, 0.05) is 10.1 Å². The summed E-state index contributed by atoms with van der Waals surface area (Å²) in [5.74, 6) is -3.65. The second kappa shape index (κ2) is 6.41. The molecule has 0 spiro atoms. The molecule has 4 rings (SSSR count). The Morgan fingerprint density at radius 2 is 1.77 bits per heavy atom. The maximum absolute atomic E-state index is 12.5. The van der Waals surface area contributed by atoms with Gasteiger partial charge in [-0.2, -0.15) is 0 Å². The molecule has 1 heterocycles. The normalized spacial score (nSPS) is 26.2. The number of allylic oxidation sites excluding steroid dienone is 2. The van der Waals surface area contributed by atoms with Gasteiger partial charge in [-0.1, -0.05) is 42.0 Å². The summed E-state index contributed by atoms with van der Waals surface area (Å²) in [6.45, 7) is 0. The third-order valence-corrected chi connectivity index (χ3v) is 6.76. The summed E-state index contributed by atoms with van der Waals surface area (Å²) in [7, 11) is 0. The van der Waals surface area contributed by atoms with Crippen LogP contribution >= 0.6 is 22.9 Å². The van der Waals surface area contributed by atoms with Crippen molar-refractivity contribution in [1.29, 1.82) is 0 Å². The Morgan fingerprint density at radius 1 is 1.08 bits per heavy atom. The van der Waals surface area contributed by atoms with Crippen LogP contribution in [0.4, 0.5) is 0 Å². The van der Waals surface area contributed by atoms with Gasteiger partial charge in [0.25, 0.3) is 5.91 Å². The second-order valence-electron chi connectivity index (χ2n) is 6.52. The van der Waals surface area contributed by atoms with Crippen LogP contribution in [0.25, 0.3) is 10.1 Å². The van der Waals surface area contributed by atoms with Crippen molar-refractivity contribution < 1.29 is 19.5 Å². The largest absolute Gasteiger partial charge is 0.481 e. The minimum atomic E-state index is -0.985. The number of carbonyl (C=O) groups is 3. The van der Waals surface area contributed by atoms with Crippen LogP contribution in [0.2, 0.25) is 5.02 Å². The van der Waals surface area contributed by atoms with E-state index in [4.69, 9.17) is 11.6 Å². The van der Waals surface area contributed by atoms with Crippen LogP contribution in [-0.4, -0.2) is 22.9 Å². The number of hydrogen-bond acceptors (Lipinski definition) is 4. The molecule has 0 aliphatic heterocycles. The lowest BCUT2D eigenvalue weighted by Gasteiger charge is -2.23. The number of carbonyl (C=O) groups excluding carboxylic acids is 2. The first-order chi connectivity index (χ1) is 12.5. The highest BCUT2D eigenvalue weighted by Crippen LogP contribution is 2.48. The van der Waals surface area contributed by atoms with E-state index in [1.807, 2.05) is 36.4 Å². The standard InChI is InChI=1S/C18H15ClN2O4S/c19-14-10-3-1-2-4-11(10)26-15(14)17(23)21-20-16(22)12-8-5-6-9(7-8)13(12)18(24)25/h1-6,8-9,12-13H,7H2,(H,20,22)(H,21,23)(H,24,25)/t8-,9-,12+,13-/m0/s1. The van der Waals surface area contributed by atoms with Crippen LogP contribution < -0.4 is 10.9 Å². The van der Waals surface area contributed by atoms with Gasteiger partial charge in [0.05, 0.1) is 16.9 Å². The van der Waals surface area contributed by atoms with Crippen molar-refractivity contribution in [3.05, 3.63) is 46.3 Å². The lowest BCUT2D eigenvalue weighted by Crippen LogP contribution is -2.48. The molecular formula is C18H15ClN2O4S. The summed E-state index contributed by atoms with van der Waals surface area (Å²) in [5, 5.41) is 10.5. The van der Waals surface area contributed by atoms with Crippen LogP contribution in [-0.2, 0) is 9.59 Å². The van der Waals surface area contributed by atoms with E-state index in [1.54, 1.807) is 0 Å². The molecule has 4 atom stereocenters. The molecule has 0 radical (unpaired) electrons. The number of aliphatic carboxylic acids is 1. The Labute approximate surface area is 157 Å². The molecule has 1 aromatic carbocycles.